The maximum absolute atomic E-state index is 11.8. The van der Waals surface area contributed by atoms with Crippen LogP contribution in [0.2, 0.25) is 0 Å². The number of nitrogens with two attached hydrogens (primary N) is 1. The molecule has 24 heavy (non-hydrogen) atoms. The van der Waals surface area contributed by atoms with Gasteiger partial charge in [-0.15, -0.1) is 22.6 Å². The third kappa shape index (κ3) is 5.28. The molecule has 2 rings (SSSR count). The molecule has 0 unspecified atom stereocenters. The Hall–Kier alpha value is -2.52. The summed E-state index contributed by atoms with van der Waals surface area (Å²) in [7, 11) is 0. The number of H-pyrrole nitrogens is 1. The third-order valence-corrected chi connectivity index (χ3v) is 3.22. The Morgan fingerprint density at radius 1 is 1.25 bits per heavy atom. The highest BCUT2D eigenvalue weighted by Gasteiger charge is 2.17. The van der Waals surface area contributed by atoms with Gasteiger partial charge in [-0.05, 0) is 35.4 Å². The van der Waals surface area contributed by atoms with E-state index >= 15 is 0 Å². The largest absolute Gasteiger partial charge is 0.346 e. The van der Waals surface area contributed by atoms with Gasteiger partial charge in [0.05, 0.1) is 12.6 Å². The summed E-state index contributed by atoms with van der Waals surface area (Å²) in [6, 6.07) is 6.31. The summed E-state index contributed by atoms with van der Waals surface area (Å²) in [5.74, 6) is -0.196. The summed E-state index contributed by atoms with van der Waals surface area (Å²) in [6.07, 6.45) is 0. The van der Waals surface area contributed by atoms with Crippen molar-refractivity contribution in [2.45, 2.75) is 19.9 Å². The maximum Gasteiger partial charge on any atom is 0.243 e. The van der Waals surface area contributed by atoms with E-state index in [9.17, 15) is 9.59 Å². The van der Waals surface area contributed by atoms with Crippen LogP contribution in [0.25, 0.3) is 11.4 Å². The van der Waals surface area contributed by atoms with E-state index in [0.717, 1.165) is 5.56 Å². The average Bonchev–Trinajstić information content (AvgIpc) is 3.07. The molecule has 1 aromatic carbocycles. The van der Waals surface area contributed by atoms with Crippen molar-refractivity contribution in [3.05, 3.63) is 24.3 Å². The van der Waals surface area contributed by atoms with E-state index in [1.54, 1.807) is 24.3 Å². The van der Waals surface area contributed by atoms with Crippen LogP contribution < -0.4 is 16.4 Å². The van der Waals surface area contributed by atoms with Crippen molar-refractivity contribution in [1.29, 1.82) is 0 Å². The molecule has 0 aliphatic carbocycles. The van der Waals surface area contributed by atoms with Gasteiger partial charge in [-0.3, -0.25) is 9.59 Å². The number of halogens is 1. The molecule has 1 aromatic heterocycles. The maximum atomic E-state index is 11.8. The lowest BCUT2D eigenvalue weighted by molar-refractivity contribution is -0.125. The zero-order valence-corrected chi connectivity index (χ0v) is 14.1. The molecule has 0 aliphatic rings. The summed E-state index contributed by atoms with van der Waals surface area (Å²) < 4.78 is 0. The van der Waals surface area contributed by atoms with Crippen LogP contribution in [-0.2, 0) is 9.59 Å². The number of aromatic amines is 1. The highest BCUT2D eigenvalue weighted by atomic mass is 35.5. The first-order valence-corrected chi connectivity index (χ1v) is 7.14. The highest BCUT2D eigenvalue weighted by molar-refractivity contribution is 5.95. The molecular weight excluding hydrogens is 334 g/mol. The Labute approximate surface area is 145 Å². The van der Waals surface area contributed by atoms with E-state index in [-0.39, 0.29) is 36.7 Å². The lowest BCUT2D eigenvalue weighted by Crippen LogP contribution is -2.46. The van der Waals surface area contributed by atoms with Gasteiger partial charge >= 0.3 is 0 Å². The number of hydrogen-bond donors (Lipinski definition) is 4. The molecule has 5 N–H and O–H groups in total. The molecule has 9 nitrogen and oxygen atoms in total. The van der Waals surface area contributed by atoms with Gasteiger partial charge in [0.25, 0.3) is 0 Å². The highest BCUT2D eigenvalue weighted by Crippen LogP contribution is 2.16. The van der Waals surface area contributed by atoms with Gasteiger partial charge in [0.15, 0.2) is 0 Å². The van der Waals surface area contributed by atoms with Crippen LogP contribution in [0, 0.1) is 5.92 Å². The zero-order chi connectivity index (χ0) is 16.8. The topological polar surface area (TPSA) is 139 Å². The zero-order valence-electron chi connectivity index (χ0n) is 13.3. The molecule has 0 saturated carbocycles. The van der Waals surface area contributed by atoms with Crippen LogP contribution in [0.5, 0.6) is 0 Å². The fourth-order valence-corrected chi connectivity index (χ4v) is 1.78. The second-order valence-electron chi connectivity index (χ2n) is 5.35. The number of carbonyl (C=O) groups excluding carboxylic acids is 2. The molecule has 2 aromatic rings. The number of nitrogens with one attached hydrogen (secondary N) is 3. The van der Waals surface area contributed by atoms with Crippen molar-refractivity contribution in [3.8, 4) is 11.4 Å². The molecule has 10 heteroatoms. The SMILES string of the molecule is CC(C)[C@H](N)C(=O)NCC(=O)Nc1ccc(-c2nn[nH]n2)cc1.Cl. The Bertz CT molecular complexity index is 658. The number of benzene rings is 1. The number of rotatable bonds is 6. The molecule has 130 valence electrons. The van der Waals surface area contributed by atoms with Crippen molar-refractivity contribution >= 4 is 29.9 Å². The fourth-order valence-electron chi connectivity index (χ4n) is 1.78. The van der Waals surface area contributed by atoms with Gasteiger partial charge < -0.3 is 16.4 Å². The molecular formula is C14H20ClN7O2. The van der Waals surface area contributed by atoms with Crippen molar-refractivity contribution in [2.75, 3.05) is 11.9 Å². The van der Waals surface area contributed by atoms with Crippen molar-refractivity contribution < 1.29 is 9.59 Å². The first kappa shape index (κ1) is 19.5. The van der Waals surface area contributed by atoms with Crippen LogP contribution in [0.1, 0.15) is 13.8 Å². The van der Waals surface area contributed by atoms with E-state index < -0.39 is 6.04 Å². The van der Waals surface area contributed by atoms with Crippen molar-refractivity contribution in [1.82, 2.24) is 25.9 Å². The van der Waals surface area contributed by atoms with Crippen LogP contribution in [-0.4, -0.2) is 45.0 Å². The second kappa shape index (κ2) is 8.94. The summed E-state index contributed by atoms with van der Waals surface area (Å²) in [5, 5.41) is 18.8. The average molecular weight is 354 g/mol. The van der Waals surface area contributed by atoms with Gasteiger partial charge in [0.1, 0.15) is 0 Å². The number of carbonyl (C=O) groups is 2. The predicted octanol–water partition coefficient (Wildman–Crippen LogP) is 0.326. The lowest BCUT2D eigenvalue weighted by atomic mass is 10.1. The molecule has 0 fully saturated rings. The summed E-state index contributed by atoms with van der Waals surface area (Å²) in [4.78, 5) is 23.5. The lowest BCUT2D eigenvalue weighted by Gasteiger charge is -2.15. The van der Waals surface area contributed by atoms with Gasteiger partial charge in [-0.2, -0.15) is 5.21 Å². The number of anilines is 1. The first-order chi connectivity index (χ1) is 11.0. The first-order valence-electron chi connectivity index (χ1n) is 7.14. The number of nitrogens with zero attached hydrogens (tertiary/aromatic N) is 3. The number of aromatic nitrogens is 4. The van der Waals surface area contributed by atoms with Crippen molar-refractivity contribution in [2.24, 2.45) is 11.7 Å². The standard InChI is InChI=1S/C14H19N7O2.ClH/c1-8(2)12(15)14(23)16-7-11(22)17-10-5-3-9(4-6-10)13-18-20-21-19-13;/h3-6,8,12H,7,15H2,1-2H3,(H,16,23)(H,17,22)(H,18,19,20,21);1H/t12-;/m0./s1. The smallest absolute Gasteiger partial charge is 0.243 e. The Morgan fingerprint density at radius 2 is 1.92 bits per heavy atom. The third-order valence-electron chi connectivity index (χ3n) is 3.22. The number of hydrogen-bond acceptors (Lipinski definition) is 6. The van der Waals surface area contributed by atoms with Gasteiger partial charge in [-0.1, -0.05) is 13.8 Å². The molecule has 0 bridgehead atoms. The van der Waals surface area contributed by atoms with E-state index in [2.05, 4.69) is 31.3 Å². The van der Waals surface area contributed by atoms with E-state index in [4.69, 9.17) is 5.73 Å². The van der Waals surface area contributed by atoms with E-state index in [1.165, 1.54) is 0 Å². The minimum atomic E-state index is -0.628. The number of amides is 2. The monoisotopic (exact) mass is 353 g/mol. The Morgan fingerprint density at radius 3 is 2.46 bits per heavy atom. The molecule has 0 saturated heterocycles. The quantitative estimate of drug-likeness (QED) is 0.590. The molecule has 0 spiro atoms. The minimum Gasteiger partial charge on any atom is -0.346 e. The summed E-state index contributed by atoms with van der Waals surface area (Å²) >= 11 is 0. The minimum absolute atomic E-state index is 0. The Balaban J connectivity index is 0.00000288. The van der Waals surface area contributed by atoms with Crippen molar-refractivity contribution in [3.63, 3.8) is 0 Å². The number of tetrazole rings is 1. The van der Waals surface area contributed by atoms with Gasteiger partial charge in [-0.25, -0.2) is 0 Å². The Kier molecular flexibility index (Phi) is 7.28. The van der Waals surface area contributed by atoms with Crippen LogP contribution in [0.15, 0.2) is 24.3 Å². The van der Waals surface area contributed by atoms with Gasteiger partial charge in [0.2, 0.25) is 17.6 Å². The molecule has 1 heterocycles. The molecule has 2 amide bonds. The fraction of sp³-hybridized carbons (Fsp3) is 0.357. The summed E-state index contributed by atoms with van der Waals surface area (Å²) in [6.45, 7) is 3.55. The summed E-state index contributed by atoms with van der Waals surface area (Å²) in [5.41, 5.74) is 7.07. The molecule has 1 atom stereocenters. The van der Waals surface area contributed by atoms with E-state index in [0.29, 0.717) is 11.5 Å². The van der Waals surface area contributed by atoms with Crippen LogP contribution >= 0.6 is 12.4 Å². The molecule has 0 aliphatic heterocycles. The molecule has 0 radical (unpaired) electrons. The normalized spacial score (nSPS) is 11.5. The van der Waals surface area contributed by atoms with Gasteiger partial charge in [0, 0.05) is 11.3 Å². The van der Waals surface area contributed by atoms with E-state index in [1.807, 2.05) is 13.8 Å². The van der Waals surface area contributed by atoms with Crippen LogP contribution in [0.4, 0.5) is 5.69 Å². The second-order valence-corrected chi connectivity index (χ2v) is 5.35. The van der Waals surface area contributed by atoms with Crippen LogP contribution in [0.3, 0.4) is 0 Å². The predicted molar refractivity (Wildman–Crippen MR) is 91.3 cm³/mol.